The van der Waals surface area contributed by atoms with Crippen molar-refractivity contribution < 1.29 is 14.5 Å². The van der Waals surface area contributed by atoms with Crippen molar-refractivity contribution in [2.45, 2.75) is 45.3 Å². The molecule has 1 aliphatic rings. The topological polar surface area (TPSA) is 97.6 Å². The average Bonchev–Trinajstić information content (AvgIpc) is 2.46. The molecule has 1 atom stereocenters. The maximum atomic E-state index is 12.1. The highest BCUT2D eigenvalue weighted by atomic mass is 16.6. The smallest absolute Gasteiger partial charge is 0.410 e. The number of nitrogens with one attached hydrogen (secondary N) is 1. The molecule has 0 saturated carbocycles. The van der Waals surface area contributed by atoms with Crippen LogP contribution in [-0.4, -0.2) is 45.6 Å². The predicted molar refractivity (Wildman–Crippen MR) is 85.3 cm³/mol. The van der Waals surface area contributed by atoms with E-state index in [0.29, 0.717) is 18.8 Å². The number of anilines is 1. The Bertz CT molecular complexity index is 568. The second kappa shape index (κ2) is 6.80. The van der Waals surface area contributed by atoms with Gasteiger partial charge in [0, 0.05) is 25.2 Å². The number of nitro groups is 1. The lowest BCUT2D eigenvalue weighted by Gasteiger charge is -2.34. The van der Waals surface area contributed by atoms with Gasteiger partial charge in [-0.2, -0.15) is 0 Å². The Morgan fingerprint density at radius 3 is 2.78 bits per heavy atom. The number of hydrogen-bond donors (Lipinski definition) is 1. The summed E-state index contributed by atoms with van der Waals surface area (Å²) in [6.45, 7) is 6.73. The van der Waals surface area contributed by atoms with Gasteiger partial charge in [-0.15, -0.1) is 0 Å². The molecule has 2 heterocycles. The number of ether oxygens (including phenoxy) is 1. The Morgan fingerprint density at radius 2 is 2.22 bits per heavy atom. The molecule has 1 aliphatic heterocycles. The van der Waals surface area contributed by atoms with Crippen LogP contribution in [0.25, 0.3) is 0 Å². The van der Waals surface area contributed by atoms with Crippen molar-refractivity contribution in [1.29, 1.82) is 0 Å². The summed E-state index contributed by atoms with van der Waals surface area (Å²) in [5, 5.41) is 13.9. The summed E-state index contributed by atoms with van der Waals surface area (Å²) in [6.07, 6.45) is 2.91. The summed E-state index contributed by atoms with van der Waals surface area (Å²) in [5.74, 6) is -0.186. The number of piperidine rings is 1. The first-order valence-corrected chi connectivity index (χ1v) is 7.59. The molecule has 1 aromatic heterocycles. The maximum absolute atomic E-state index is 12.1. The molecule has 0 bridgehead atoms. The monoisotopic (exact) mass is 322 g/mol. The van der Waals surface area contributed by atoms with Gasteiger partial charge in [-0.25, -0.2) is 4.79 Å². The van der Waals surface area contributed by atoms with E-state index in [4.69, 9.17) is 4.74 Å². The van der Waals surface area contributed by atoms with Crippen LogP contribution >= 0.6 is 0 Å². The fourth-order valence-electron chi connectivity index (χ4n) is 2.40. The van der Waals surface area contributed by atoms with Crippen molar-refractivity contribution in [3.8, 4) is 0 Å². The minimum atomic E-state index is -0.533. The molecule has 23 heavy (non-hydrogen) atoms. The normalized spacial score (nSPS) is 18.4. The van der Waals surface area contributed by atoms with Crippen LogP contribution in [0.5, 0.6) is 0 Å². The summed E-state index contributed by atoms with van der Waals surface area (Å²) in [6, 6.07) is 3.05. The van der Waals surface area contributed by atoms with Crippen molar-refractivity contribution in [3.63, 3.8) is 0 Å². The van der Waals surface area contributed by atoms with Gasteiger partial charge >= 0.3 is 11.9 Å². The van der Waals surface area contributed by atoms with Crippen LogP contribution in [0.2, 0.25) is 0 Å². The van der Waals surface area contributed by atoms with Crippen molar-refractivity contribution in [1.82, 2.24) is 9.88 Å². The molecule has 1 fully saturated rings. The summed E-state index contributed by atoms with van der Waals surface area (Å²) in [7, 11) is 0. The van der Waals surface area contributed by atoms with Gasteiger partial charge in [0.2, 0.25) is 0 Å². The molecule has 8 nitrogen and oxygen atoms in total. The van der Waals surface area contributed by atoms with Gasteiger partial charge in [0.1, 0.15) is 5.60 Å². The molecular formula is C15H22N4O4. The van der Waals surface area contributed by atoms with Crippen molar-refractivity contribution >= 4 is 17.6 Å². The molecule has 0 radical (unpaired) electrons. The molecule has 0 aliphatic carbocycles. The second-order valence-corrected chi connectivity index (χ2v) is 6.57. The highest BCUT2D eigenvalue weighted by molar-refractivity contribution is 5.68. The molecule has 0 spiro atoms. The molecule has 0 unspecified atom stereocenters. The van der Waals surface area contributed by atoms with E-state index in [1.807, 2.05) is 20.8 Å². The molecule has 2 rings (SSSR count). The zero-order valence-electron chi connectivity index (χ0n) is 13.6. The first kappa shape index (κ1) is 17.0. The van der Waals surface area contributed by atoms with Crippen LogP contribution in [-0.2, 0) is 4.74 Å². The standard InChI is InChI=1S/C15H22N4O4/c1-15(2,3)23-14(20)18-8-4-5-12(10-18)17-11-6-7-13(16-9-11)19(21)22/h6-7,9,12,17H,4-5,8,10H2,1-3H3/t12-/m1/s1. The minimum absolute atomic E-state index is 0.0690. The summed E-state index contributed by atoms with van der Waals surface area (Å²) in [4.78, 5) is 27.7. The van der Waals surface area contributed by atoms with Gasteiger partial charge in [0.25, 0.3) is 0 Å². The summed E-state index contributed by atoms with van der Waals surface area (Å²) < 4.78 is 5.39. The quantitative estimate of drug-likeness (QED) is 0.679. The SMILES string of the molecule is CC(C)(C)OC(=O)N1CCC[C@@H](Nc2ccc([N+](=O)[O-])nc2)C1. The number of carbonyl (C=O) groups excluding carboxylic acids is 1. The van der Waals surface area contributed by atoms with E-state index in [2.05, 4.69) is 10.3 Å². The summed E-state index contributed by atoms with van der Waals surface area (Å²) >= 11 is 0. The molecule has 126 valence electrons. The number of aromatic nitrogens is 1. The Balaban J connectivity index is 1.93. The van der Waals surface area contributed by atoms with E-state index in [9.17, 15) is 14.9 Å². The zero-order chi connectivity index (χ0) is 17.0. The van der Waals surface area contributed by atoms with Gasteiger partial charge in [-0.1, -0.05) is 0 Å². The highest BCUT2D eigenvalue weighted by Gasteiger charge is 2.27. The lowest BCUT2D eigenvalue weighted by atomic mass is 10.1. The Labute approximate surface area is 135 Å². The number of amides is 1. The fourth-order valence-corrected chi connectivity index (χ4v) is 2.40. The van der Waals surface area contributed by atoms with E-state index in [1.54, 1.807) is 11.0 Å². The van der Waals surface area contributed by atoms with E-state index < -0.39 is 10.5 Å². The van der Waals surface area contributed by atoms with Crippen LogP contribution in [0.1, 0.15) is 33.6 Å². The first-order valence-electron chi connectivity index (χ1n) is 7.59. The van der Waals surface area contributed by atoms with E-state index in [-0.39, 0.29) is 18.0 Å². The van der Waals surface area contributed by atoms with Crippen molar-refractivity contribution in [2.75, 3.05) is 18.4 Å². The van der Waals surface area contributed by atoms with Crippen LogP contribution in [0.3, 0.4) is 0 Å². The number of rotatable bonds is 3. The van der Waals surface area contributed by atoms with Crippen molar-refractivity contribution in [3.05, 3.63) is 28.4 Å². The molecule has 0 aromatic carbocycles. The molecule has 1 aromatic rings. The molecule has 1 amide bonds. The van der Waals surface area contributed by atoms with E-state index >= 15 is 0 Å². The van der Waals surface area contributed by atoms with E-state index in [0.717, 1.165) is 12.8 Å². The Kier molecular flexibility index (Phi) is 5.02. The number of nitrogens with zero attached hydrogens (tertiary/aromatic N) is 3. The first-order chi connectivity index (χ1) is 10.7. The molecule has 8 heteroatoms. The van der Waals surface area contributed by atoms with E-state index in [1.165, 1.54) is 12.3 Å². The zero-order valence-corrected chi connectivity index (χ0v) is 13.6. The van der Waals surface area contributed by atoms with Crippen molar-refractivity contribution in [2.24, 2.45) is 0 Å². The fraction of sp³-hybridized carbons (Fsp3) is 0.600. The van der Waals surface area contributed by atoms with Gasteiger partial charge in [-0.05, 0) is 49.6 Å². The lowest BCUT2D eigenvalue weighted by molar-refractivity contribution is -0.389. The van der Waals surface area contributed by atoms with Crippen LogP contribution in [0, 0.1) is 10.1 Å². The van der Waals surface area contributed by atoms with Gasteiger partial charge in [0.05, 0.1) is 5.69 Å². The predicted octanol–water partition coefficient (Wildman–Crippen LogP) is 2.80. The summed E-state index contributed by atoms with van der Waals surface area (Å²) in [5.41, 5.74) is 0.186. The van der Waals surface area contributed by atoms with Gasteiger partial charge in [0.15, 0.2) is 6.20 Å². The lowest BCUT2D eigenvalue weighted by Crippen LogP contribution is -2.46. The molecular weight excluding hydrogens is 300 g/mol. The third-order valence-electron chi connectivity index (χ3n) is 3.38. The number of carbonyl (C=O) groups is 1. The molecule has 1 saturated heterocycles. The Morgan fingerprint density at radius 1 is 1.48 bits per heavy atom. The van der Waals surface area contributed by atoms with Crippen LogP contribution in [0.15, 0.2) is 18.3 Å². The van der Waals surface area contributed by atoms with Crippen LogP contribution in [0.4, 0.5) is 16.3 Å². The minimum Gasteiger partial charge on any atom is -0.444 e. The Hall–Kier alpha value is -2.38. The highest BCUT2D eigenvalue weighted by Crippen LogP contribution is 2.19. The largest absolute Gasteiger partial charge is 0.444 e. The van der Waals surface area contributed by atoms with Crippen LogP contribution < -0.4 is 5.32 Å². The van der Waals surface area contributed by atoms with Gasteiger partial charge < -0.3 is 25.1 Å². The number of likely N-dealkylation sites (tertiary alicyclic amines) is 1. The number of pyridine rings is 1. The molecule has 1 N–H and O–H groups in total. The average molecular weight is 322 g/mol. The number of hydrogen-bond acceptors (Lipinski definition) is 6. The third kappa shape index (κ3) is 5.08. The van der Waals surface area contributed by atoms with Gasteiger partial charge in [-0.3, -0.25) is 0 Å². The second-order valence-electron chi connectivity index (χ2n) is 6.57. The maximum Gasteiger partial charge on any atom is 0.410 e. The third-order valence-corrected chi connectivity index (χ3v) is 3.38.